The van der Waals surface area contributed by atoms with Crippen molar-refractivity contribution in [2.75, 3.05) is 20.2 Å². The van der Waals surface area contributed by atoms with E-state index in [4.69, 9.17) is 4.74 Å². The molecule has 0 N–H and O–H groups in total. The molecule has 0 bridgehead atoms. The minimum absolute atomic E-state index is 0.0590. The fourth-order valence-electron chi connectivity index (χ4n) is 2.43. The molecule has 0 saturated carbocycles. The number of ether oxygens (including phenoxy) is 1. The highest BCUT2D eigenvalue weighted by atomic mass is 16.5. The van der Waals surface area contributed by atoms with Crippen LogP contribution in [0.2, 0.25) is 0 Å². The van der Waals surface area contributed by atoms with Crippen molar-refractivity contribution >= 4 is 11.7 Å². The molecule has 102 valence electrons. The number of rotatable bonds is 2. The normalized spacial score (nSPS) is 15.5. The predicted molar refractivity (Wildman–Crippen MR) is 72.6 cm³/mol. The second-order valence-electron chi connectivity index (χ2n) is 4.93. The Morgan fingerprint density at radius 2 is 2.00 bits per heavy atom. The van der Waals surface area contributed by atoms with Crippen LogP contribution in [0, 0.1) is 13.8 Å². The van der Waals surface area contributed by atoms with Crippen molar-refractivity contribution in [2.24, 2.45) is 0 Å². The van der Waals surface area contributed by atoms with Gasteiger partial charge in [-0.2, -0.15) is 0 Å². The molecule has 0 aromatic heterocycles. The van der Waals surface area contributed by atoms with Crippen molar-refractivity contribution in [3.05, 3.63) is 28.8 Å². The molecule has 2 rings (SSSR count). The molecule has 1 aliphatic rings. The smallest absolute Gasteiger partial charge is 0.254 e. The summed E-state index contributed by atoms with van der Waals surface area (Å²) in [6, 6.07) is 3.59. The van der Waals surface area contributed by atoms with Gasteiger partial charge in [0, 0.05) is 18.5 Å². The number of hydrogen-bond donors (Lipinski definition) is 0. The standard InChI is InChI=1S/C15H19NO3/c1-10-11(2)14(19-3)7-6-13(10)15(18)16-8-4-5-12(17)9-16/h6-7H,4-5,8-9H2,1-3H3. The lowest BCUT2D eigenvalue weighted by Gasteiger charge is -2.26. The summed E-state index contributed by atoms with van der Waals surface area (Å²) in [7, 11) is 1.62. The van der Waals surface area contributed by atoms with Crippen molar-refractivity contribution in [1.29, 1.82) is 0 Å². The van der Waals surface area contributed by atoms with Gasteiger partial charge >= 0.3 is 0 Å². The first kappa shape index (κ1) is 13.6. The quantitative estimate of drug-likeness (QED) is 0.819. The molecule has 0 spiro atoms. The molecule has 1 fully saturated rings. The lowest BCUT2D eigenvalue weighted by atomic mass is 10.00. The molecule has 0 aliphatic carbocycles. The molecule has 1 amide bonds. The summed E-state index contributed by atoms with van der Waals surface area (Å²) in [5, 5.41) is 0. The molecule has 1 saturated heterocycles. The van der Waals surface area contributed by atoms with Crippen LogP contribution in [0.3, 0.4) is 0 Å². The van der Waals surface area contributed by atoms with Gasteiger partial charge in [0.05, 0.1) is 13.7 Å². The Hall–Kier alpha value is -1.84. The van der Waals surface area contributed by atoms with E-state index < -0.39 is 0 Å². The fourth-order valence-corrected chi connectivity index (χ4v) is 2.43. The number of methoxy groups -OCH3 is 1. The van der Waals surface area contributed by atoms with E-state index in [0.29, 0.717) is 18.5 Å². The summed E-state index contributed by atoms with van der Waals surface area (Å²) < 4.78 is 5.24. The minimum atomic E-state index is -0.0590. The van der Waals surface area contributed by atoms with Gasteiger partial charge in [0.15, 0.2) is 5.78 Å². The van der Waals surface area contributed by atoms with E-state index in [2.05, 4.69) is 0 Å². The van der Waals surface area contributed by atoms with Crippen molar-refractivity contribution in [3.63, 3.8) is 0 Å². The maximum absolute atomic E-state index is 12.5. The number of hydrogen-bond acceptors (Lipinski definition) is 3. The van der Waals surface area contributed by atoms with Gasteiger partial charge in [-0.05, 0) is 43.5 Å². The lowest BCUT2D eigenvalue weighted by molar-refractivity contribution is -0.121. The summed E-state index contributed by atoms with van der Waals surface area (Å²) >= 11 is 0. The topological polar surface area (TPSA) is 46.6 Å². The molecular weight excluding hydrogens is 242 g/mol. The molecule has 0 radical (unpaired) electrons. The van der Waals surface area contributed by atoms with Crippen LogP contribution in [0.5, 0.6) is 5.75 Å². The zero-order valence-corrected chi connectivity index (χ0v) is 11.7. The SMILES string of the molecule is COc1ccc(C(=O)N2CCCC(=O)C2)c(C)c1C. The molecule has 0 unspecified atom stereocenters. The highest BCUT2D eigenvalue weighted by molar-refractivity contribution is 5.98. The maximum Gasteiger partial charge on any atom is 0.254 e. The molecular formula is C15H19NO3. The van der Waals surface area contributed by atoms with Crippen molar-refractivity contribution < 1.29 is 14.3 Å². The predicted octanol–water partition coefficient (Wildman–Crippen LogP) is 2.12. The first-order chi connectivity index (χ1) is 9.04. The Balaban J connectivity index is 2.29. The number of amides is 1. The maximum atomic E-state index is 12.5. The second kappa shape index (κ2) is 5.43. The molecule has 19 heavy (non-hydrogen) atoms. The third kappa shape index (κ3) is 2.62. The van der Waals surface area contributed by atoms with E-state index in [1.165, 1.54) is 0 Å². The second-order valence-corrected chi connectivity index (χ2v) is 4.93. The number of likely N-dealkylation sites (tertiary alicyclic amines) is 1. The zero-order valence-electron chi connectivity index (χ0n) is 11.7. The Bertz CT molecular complexity index is 522. The van der Waals surface area contributed by atoms with E-state index in [9.17, 15) is 9.59 Å². The Morgan fingerprint density at radius 3 is 2.63 bits per heavy atom. The van der Waals surface area contributed by atoms with Crippen LogP contribution in [-0.4, -0.2) is 36.8 Å². The monoisotopic (exact) mass is 261 g/mol. The Morgan fingerprint density at radius 1 is 1.26 bits per heavy atom. The molecule has 4 nitrogen and oxygen atoms in total. The Kier molecular flexibility index (Phi) is 3.88. The van der Waals surface area contributed by atoms with E-state index in [1.54, 1.807) is 24.1 Å². The van der Waals surface area contributed by atoms with Gasteiger partial charge in [-0.25, -0.2) is 0 Å². The first-order valence-electron chi connectivity index (χ1n) is 6.49. The van der Waals surface area contributed by atoms with Crippen molar-refractivity contribution in [2.45, 2.75) is 26.7 Å². The van der Waals surface area contributed by atoms with E-state index in [1.807, 2.05) is 13.8 Å². The van der Waals surface area contributed by atoms with Crippen LogP contribution >= 0.6 is 0 Å². The highest BCUT2D eigenvalue weighted by Crippen LogP contribution is 2.25. The summed E-state index contributed by atoms with van der Waals surface area (Å²) in [6.45, 7) is 4.75. The first-order valence-corrected chi connectivity index (χ1v) is 6.49. The van der Waals surface area contributed by atoms with Crippen LogP contribution in [0.4, 0.5) is 0 Å². The lowest BCUT2D eigenvalue weighted by Crippen LogP contribution is -2.40. The van der Waals surface area contributed by atoms with Crippen LogP contribution in [0.25, 0.3) is 0 Å². The van der Waals surface area contributed by atoms with Crippen LogP contribution in [0.15, 0.2) is 12.1 Å². The summed E-state index contributed by atoms with van der Waals surface area (Å²) in [5.41, 5.74) is 2.55. The van der Waals surface area contributed by atoms with Crippen LogP contribution in [0.1, 0.15) is 34.3 Å². The summed E-state index contributed by atoms with van der Waals surface area (Å²) in [6.07, 6.45) is 1.35. The van der Waals surface area contributed by atoms with Gasteiger partial charge < -0.3 is 9.64 Å². The van der Waals surface area contributed by atoms with E-state index in [0.717, 1.165) is 23.3 Å². The number of Topliss-reactive ketones (excluding diaryl/α,β-unsaturated/α-hetero) is 1. The highest BCUT2D eigenvalue weighted by Gasteiger charge is 2.24. The number of nitrogens with zero attached hydrogens (tertiary/aromatic N) is 1. The largest absolute Gasteiger partial charge is 0.496 e. The molecule has 1 heterocycles. The van der Waals surface area contributed by atoms with Gasteiger partial charge in [-0.3, -0.25) is 9.59 Å². The van der Waals surface area contributed by atoms with E-state index in [-0.39, 0.29) is 18.2 Å². The summed E-state index contributed by atoms with van der Waals surface area (Å²) in [4.78, 5) is 25.5. The molecule has 1 aromatic rings. The van der Waals surface area contributed by atoms with Crippen LogP contribution < -0.4 is 4.74 Å². The van der Waals surface area contributed by atoms with Gasteiger partial charge in [0.1, 0.15) is 5.75 Å². The molecule has 4 heteroatoms. The van der Waals surface area contributed by atoms with Gasteiger partial charge in [0.2, 0.25) is 0 Å². The number of carbonyl (C=O) groups is 2. The van der Waals surface area contributed by atoms with Crippen LogP contribution in [-0.2, 0) is 4.79 Å². The number of ketones is 1. The average Bonchev–Trinajstić information content (AvgIpc) is 2.41. The van der Waals surface area contributed by atoms with Crippen molar-refractivity contribution in [1.82, 2.24) is 4.90 Å². The van der Waals surface area contributed by atoms with Gasteiger partial charge in [-0.1, -0.05) is 0 Å². The third-order valence-electron chi connectivity index (χ3n) is 3.73. The number of benzene rings is 1. The number of piperidine rings is 1. The molecule has 0 atom stereocenters. The molecule has 1 aromatic carbocycles. The minimum Gasteiger partial charge on any atom is -0.496 e. The average molecular weight is 261 g/mol. The van der Waals surface area contributed by atoms with Gasteiger partial charge in [0.25, 0.3) is 5.91 Å². The van der Waals surface area contributed by atoms with Gasteiger partial charge in [-0.15, -0.1) is 0 Å². The number of carbonyl (C=O) groups excluding carboxylic acids is 2. The molecule has 1 aliphatic heterocycles. The van der Waals surface area contributed by atoms with Crippen molar-refractivity contribution in [3.8, 4) is 5.75 Å². The fraction of sp³-hybridized carbons (Fsp3) is 0.467. The van der Waals surface area contributed by atoms with E-state index >= 15 is 0 Å². The third-order valence-corrected chi connectivity index (χ3v) is 3.73. The zero-order chi connectivity index (χ0) is 14.0. The summed E-state index contributed by atoms with van der Waals surface area (Å²) in [5.74, 6) is 0.863. The Labute approximate surface area is 113 Å².